The summed E-state index contributed by atoms with van der Waals surface area (Å²) >= 11 is 3.47. The summed E-state index contributed by atoms with van der Waals surface area (Å²) in [6, 6.07) is 3.88. The number of benzene rings is 1. The van der Waals surface area contributed by atoms with Gasteiger partial charge < -0.3 is 15.0 Å². The van der Waals surface area contributed by atoms with Crippen molar-refractivity contribution in [2.45, 2.75) is 26.2 Å². The van der Waals surface area contributed by atoms with Crippen LogP contribution in [-0.4, -0.2) is 31.6 Å². The summed E-state index contributed by atoms with van der Waals surface area (Å²) in [4.78, 5) is 26.1. The molecule has 1 N–H and O–H groups in total. The maximum absolute atomic E-state index is 12.8. The van der Waals surface area contributed by atoms with Crippen LogP contribution in [0.1, 0.15) is 25.3 Å². The van der Waals surface area contributed by atoms with Gasteiger partial charge >= 0.3 is 0 Å². The van der Waals surface area contributed by atoms with Gasteiger partial charge in [-0.25, -0.2) is 0 Å². The first-order valence-corrected chi connectivity index (χ1v) is 8.34. The second kappa shape index (κ2) is 6.38. The van der Waals surface area contributed by atoms with Crippen molar-refractivity contribution in [3.05, 3.63) is 22.2 Å². The SMILES string of the molecule is CC(=O)Nc1cc(Br)cc2c1N(C(=O)C1CCOCC1)CC2. The molecule has 1 aromatic rings. The Hall–Kier alpha value is -1.40. The Morgan fingerprint density at radius 3 is 2.73 bits per heavy atom. The van der Waals surface area contributed by atoms with Gasteiger partial charge in [-0.05, 0) is 37.0 Å². The van der Waals surface area contributed by atoms with E-state index in [1.165, 1.54) is 6.92 Å². The number of nitrogens with one attached hydrogen (secondary N) is 1. The van der Waals surface area contributed by atoms with Crippen molar-refractivity contribution in [1.29, 1.82) is 0 Å². The Morgan fingerprint density at radius 1 is 1.32 bits per heavy atom. The van der Waals surface area contributed by atoms with E-state index in [0.29, 0.717) is 25.4 Å². The van der Waals surface area contributed by atoms with Crippen LogP contribution in [0.4, 0.5) is 11.4 Å². The minimum absolute atomic E-state index is 0.0218. The van der Waals surface area contributed by atoms with E-state index < -0.39 is 0 Å². The van der Waals surface area contributed by atoms with Crippen molar-refractivity contribution < 1.29 is 14.3 Å². The third-order valence-corrected chi connectivity index (χ3v) is 4.63. The number of hydrogen-bond donors (Lipinski definition) is 1. The summed E-state index contributed by atoms with van der Waals surface area (Å²) in [7, 11) is 0. The molecule has 5 nitrogen and oxygen atoms in total. The summed E-state index contributed by atoms with van der Waals surface area (Å²) in [6.45, 7) is 3.45. The van der Waals surface area contributed by atoms with Crippen molar-refractivity contribution >= 4 is 39.1 Å². The van der Waals surface area contributed by atoms with E-state index in [0.717, 1.165) is 35.0 Å². The van der Waals surface area contributed by atoms with Gasteiger partial charge in [0.05, 0.1) is 11.4 Å². The van der Waals surface area contributed by atoms with Gasteiger partial charge in [0.25, 0.3) is 0 Å². The summed E-state index contributed by atoms with van der Waals surface area (Å²) in [5, 5.41) is 2.85. The second-order valence-corrected chi connectivity index (χ2v) is 6.68. The number of rotatable bonds is 2. The molecule has 22 heavy (non-hydrogen) atoms. The van der Waals surface area contributed by atoms with Gasteiger partial charge in [-0.3, -0.25) is 9.59 Å². The van der Waals surface area contributed by atoms with Crippen LogP contribution in [0.5, 0.6) is 0 Å². The molecule has 2 aliphatic rings. The van der Waals surface area contributed by atoms with E-state index in [-0.39, 0.29) is 17.7 Å². The number of hydrogen-bond acceptors (Lipinski definition) is 3. The highest BCUT2D eigenvalue weighted by atomic mass is 79.9. The molecular weight excluding hydrogens is 348 g/mol. The normalized spacial score (nSPS) is 18.2. The number of nitrogens with zero attached hydrogens (tertiary/aromatic N) is 1. The number of carbonyl (C=O) groups excluding carboxylic acids is 2. The Labute approximate surface area is 138 Å². The minimum atomic E-state index is -0.134. The second-order valence-electron chi connectivity index (χ2n) is 5.77. The van der Waals surface area contributed by atoms with E-state index in [2.05, 4.69) is 21.2 Å². The van der Waals surface area contributed by atoms with Crippen molar-refractivity contribution in [2.75, 3.05) is 30.0 Å². The minimum Gasteiger partial charge on any atom is -0.381 e. The van der Waals surface area contributed by atoms with Crippen LogP contribution in [0.25, 0.3) is 0 Å². The van der Waals surface area contributed by atoms with Gasteiger partial charge in [0.2, 0.25) is 11.8 Å². The first-order chi connectivity index (χ1) is 10.6. The molecule has 1 aromatic carbocycles. The number of fused-ring (bicyclic) bond motifs is 1. The van der Waals surface area contributed by atoms with Crippen LogP contribution in [-0.2, 0) is 20.7 Å². The van der Waals surface area contributed by atoms with Crippen molar-refractivity contribution in [2.24, 2.45) is 5.92 Å². The van der Waals surface area contributed by atoms with Gasteiger partial charge in [-0.1, -0.05) is 15.9 Å². The van der Waals surface area contributed by atoms with E-state index in [1.807, 2.05) is 17.0 Å². The molecule has 0 atom stereocenters. The fourth-order valence-corrected chi connectivity index (χ4v) is 3.68. The fraction of sp³-hybridized carbons (Fsp3) is 0.500. The standard InChI is InChI=1S/C16H19BrN2O3/c1-10(20)18-14-9-13(17)8-12-2-5-19(15(12)14)16(21)11-3-6-22-7-4-11/h8-9,11H,2-7H2,1H3,(H,18,20). The lowest BCUT2D eigenvalue weighted by Gasteiger charge is -2.28. The van der Waals surface area contributed by atoms with Crippen LogP contribution in [0, 0.1) is 5.92 Å². The average molecular weight is 367 g/mol. The fourth-order valence-electron chi connectivity index (χ4n) is 3.18. The van der Waals surface area contributed by atoms with E-state index in [4.69, 9.17) is 4.74 Å². The highest BCUT2D eigenvalue weighted by Crippen LogP contribution is 2.39. The molecular formula is C16H19BrN2O3. The molecule has 0 spiro atoms. The molecule has 0 aromatic heterocycles. The molecule has 1 saturated heterocycles. The Kier molecular flexibility index (Phi) is 4.49. The monoisotopic (exact) mass is 366 g/mol. The number of carbonyl (C=O) groups is 2. The highest BCUT2D eigenvalue weighted by molar-refractivity contribution is 9.10. The van der Waals surface area contributed by atoms with Crippen LogP contribution in [0.2, 0.25) is 0 Å². The molecule has 1 fully saturated rings. The first kappa shape index (κ1) is 15.5. The van der Waals surface area contributed by atoms with Crippen molar-refractivity contribution in [1.82, 2.24) is 0 Å². The highest BCUT2D eigenvalue weighted by Gasteiger charge is 2.33. The zero-order valence-corrected chi connectivity index (χ0v) is 14.1. The maximum Gasteiger partial charge on any atom is 0.230 e. The molecule has 0 radical (unpaired) electrons. The number of ether oxygens (including phenoxy) is 1. The molecule has 0 saturated carbocycles. The Bertz CT molecular complexity index is 612. The average Bonchev–Trinajstić information content (AvgIpc) is 2.90. The van der Waals surface area contributed by atoms with Crippen molar-refractivity contribution in [3.8, 4) is 0 Å². The van der Waals surface area contributed by atoms with Gasteiger partial charge in [0.1, 0.15) is 0 Å². The van der Waals surface area contributed by atoms with Crippen LogP contribution < -0.4 is 10.2 Å². The van der Waals surface area contributed by atoms with Crippen LogP contribution >= 0.6 is 15.9 Å². The largest absolute Gasteiger partial charge is 0.381 e. The third kappa shape index (κ3) is 3.03. The maximum atomic E-state index is 12.8. The number of anilines is 2. The molecule has 0 unspecified atom stereocenters. The molecule has 0 bridgehead atoms. The number of halogens is 1. The first-order valence-electron chi connectivity index (χ1n) is 7.55. The quantitative estimate of drug-likeness (QED) is 0.875. The zero-order valence-electron chi connectivity index (χ0n) is 12.5. The topological polar surface area (TPSA) is 58.6 Å². The molecule has 2 aliphatic heterocycles. The lowest BCUT2D eigenvalue weighted by Crippen LogP contribution is -2.37. The van der Waals surface area contributed by atoms with E-state index in [9.17, 15) is 9.59 Å². The smallest absolute Gasteiger partial charge is 0.230 e. The summed E-state index contributed by atoms with van der Waals surface area (Å²) in [6.07, 6.45) is 2.36. The molecule has 6 heteroatoms. The zero-order chi connectivity index (χ0) is 15.7. The predicted molar refractivity (Wildman–Crippen MR) is 88.0 cm³/mol. The Balaban J connectivity index is 1.92. The molecule has 0 aliphatic carbocycles. The number of amides is 2. The van der Waals surface area contributed by atoms with Gasteiger partial charge in [-0.2, -0.15) is 0 Å². The van der Waals surface area contributed by atoms with E-state index >= 15 is 0 Å². The van der Waals surface area contributed by atoms with Gasteiger partial charge in [0.15, 0.2) is 0 Å². The lowest BCUT2D eigenvalue weighted by molar-refractivity contribution is -0.125. The van der Waals surface area contributed by atoms with E-state index in [1.54, 1.807) is 0 Å². The predicted octanol–water partition coefficient (Wildman–Crippen LogP) is 2.72. The molecule has 3 rings (SSSR count). The molecule has 2 heterocycles. The molecule has 2 amide bonds. The summed E-state index contributed by atoms with van der Waals surface area (Å²) < 4.78 is 6.25. The lowest BCUT2D eigenvalue weighted by atomic mass is 9.98. The molecule has 118 valence electrons. The van der Waals surface area contributed by atoms with Crippen molar-refractivity contribution in [3.63, 3.8) is 0 Å². The third-order valence-electron chi connectivity index (χ3n) is 4.18. The van der Waals surface area contributed by atoms with Gasteiger partial charge in [-0.15, -0.1) is 0 Å². The van der Waals surface area contributed by atoms with Gasteiger partial charge in [0, 0.05) is 37.1 Å². The van der Waals surface area contributed by atoms with Crippen LogP contribution in [0.3, 0.4) is 0 Å². The Morgan fingerprint density at radius 2 is 2.05 bits per heavy atom. The summed E-state index contributed by atoms with van der Waals surface area (Å²) in [5.74, 6) is 0.0372. The summed E-state index contributed by atoms with van der Waals surface area (Å²) in [5.41, 5.74) is 2.66. The van der Waals surface area contributed by atoms with Crippen LogP contribution in [0.15, 0.2) is 16.6 Å².